The summed E-state index contributed by atoms with van der Waals surface area (Å²) in [5.74, 6) is 2.93. The monoisotopic (exact) mass is 208 g/mol. The van der Waals surface area contributed by atoms with E-state index in [4.69, 9.17) is 0 Å². The van der Waals surface area contributed by atoms with Gasteiger partial charge in [0.25, 0.3) is 0 Å². The molecule has 0 aliphatic heterocycles. The topological polar surface area (TPSA) is 42.7 Å². The second kappa shape index (κ2) is 4.64. The molecule has 0 saturated heterocycles. The fourth-order valence-electron chi connectivity index (χ4n) is 2.06. The molecule has 0 aromatic carbocycles. The first kappa shape index (κ1) is 10.5. The van der Waals surface area contributed by atoms with Crippen LogP contribution in [0.2, 0.25) is 0 Å². The molecule has 0 radical (unpaired) electrons. The summed E-state index contributed by atoms with van der Waals surface area (Å²) in [6.07, 6.45) is 5.23. The molecule has 0 unspecified atom stereocenters. The van der Waals surface area contributed by atoms with Gasteiger partial charge in [0.1, 0.15) is 5.82 Å². The molecule has 1 aromatic heterocycles. The van der Waals surface area contributed by atoms with Crippen LogP contribution in [0.4, 0.5) is 5.95 Å². The van der Waals surface area contributed by atoms with E-state index < -0.39 is 0 Å². The van der Waals surface area contributed by atoms with Crippen LogP contribution in [0, 0.1) is 5.92 Å². The molecule has 1 N–H and O–H groups in total. The lowest BCUT2D eigenvalue weighted by atomic mass is 9.83. The summed E-state index contributed by atoms with van der Waals surface area (Å²) < 4.78 is 2.20. The lowest BCUT2D eigenvalue weighted by Crippen LogP contribution is -2.17. The lowest BCUT2D eigenvalue weighted by molar-refractivity contribution is 0.306. The van der Waals surface area contributed by atoms with E-state index in [0.717, 1.165) is 37.2 Å². The van der Waals surface area contributed by atoms with E-state index in [1.54, 1.807) is 0 Å². The van der Waals surface area contributed by atoms with Crippen LogP contribution in [-0.4, -0.2) is 21.3 Å². The van der Waals surface area contributed by atoms with Gasteiger partial charge in [-0.2, -0.15) is 0 Å². The number of anilines is 1. The molecule has 4 nitrogen and oxygen atoms in total. The van der Waals surface area contributed by atoms with Crippen LogP contribution in [0.5, 0.6) is 0 Å². The summed E-state index contributed by atoms with van der Waals surface area (Å²) >= 11 is 0. The van der Waals surface area contributed by atoms with Crippen molar-refractivity contribution in [1.29, 1.82) is 0 Å². The van der Waals surface area contributed by atoms with Crippen LogP contribution < -0.4 is 5.32 Å². The highest BCUT2D eigenvalue weighted by Crippen LogP contribution is 2.29. The Kier molecular flexibility index (Phi) is 3.23. The second-order valence-electron chi connectivity index (χ2n) is 4.22. The predicted molar refractivity (Wildman–Crippen MR) is 60.9 cm³/mol. The summed E-state index contributed by atoms with van der Waals surface area (Å²) in [6.45, 7) is 6.09. The summed E-state index contributed by atoms with van der Waals surface area (Å²) in [4.78, 5) is 0. The molecule has 15 heavy (non-hydrogen) atoms. The smallest absolute Gasteiger partial charge is 0.224 e. The number of nitrogens with one attached hydrogen (secondary N) is 1. The van der Waals surface area contributed by atoms with Gasteiger partial charge in [0.15, 0.2) is 0 Å². The highest BCUT2D eigenvalue weighted by molar-refractivity contribution is 5.25. The third-order valence-corrected chi connectivity index (χ3v) is 3.17. The fraction of sp³-hybridized carbons (Fsp3) is 0.818. The third-order valence-electron chi connectivity index (χ3n) is 3.17. The number of hydrogen-bond donors (Lipinski definition) is 1. The third kappa shape index (κ3) is 2.13. The maximum absolute atomic E-state index is 4.28. The van der Waals surface area contributed by atoms with Crippen LogP contribution in [0.1, 0.15) is 38.9 Å². The van der Waals surface area contributed by atoms with Crippen molar-refractivity contribution >= 4 is 5.95 Å². The van der Waals surface area contributed by atoms with Gasteiger partial charge in [0, 0.05) is 19.5 Å². The van der Waals surface area contributed by atoms with Crippen molar-refractivity contribution in [3.8, 4) is 0 Å². The highest BCUT2D eigenvalue weighted by atomic mass is 15.3. The minimum atomic E-state index is 0.856. The lowest BCUT2D eigenvalue weighted by Gasteiger charge is -2.24. The Balaban J connectivity index is 2.07. The van der Waals surface area contributed by atoms with Crippen LogP contribution in [0.25, 0.3) is 0 Å². The van der Waals surface area contributed by atoms with E-state index in [9.17, 15) is 0 Å². The Hall–Kier alpha value is -1.06. The maximum Gasteiger partial charge on any atom is 0.224 e. The molecule has 1 fully saturated rings. The van der Waals surface area contributed by atoms with E-state index in [0.29, 0.717) is 0 Å². The Labute approximate surface area is 91.1 Å². The molecule has 2 rings (SSSR count). The maximum atomic E-state index is 4.28. The van der Waals surface area contributed by atoms with Crippen molar-refractivity contribution in [2.24, 2.45) is 5.92 Å². The summed E-state index contributed by atoms with van der Waals surface area (Å²) in [6, 6.07) is 0. The Morgan fingerprint density at radius 1 is 1.33 bits per heavy atom. The number of nitrogens with zero attached hydrogens (tertiary/aromatic N) is 3. The average molecular weight is 208 g/mol. The molecule has 1 aromatic rings. The van der Waals surface area contributed by atoms with E-state index in [1.807, 2.05) is 0 Å². The molecule has 84 valence electrons. The molecule has 0 bridgehead atoms. The van der Waals surface area contributed by atoms with Gasteiger partial charge in [0.05, 0.1) is 0 Å². The van der Waals surface area contributed by atoms with Gasteiger partial charge in [-0.15, -0.1) is 10.2 Å². The van der Waals surface area contributed by atoms with E-state index >= 15 is 0 Å². The summed E-state index contributed by atoms with van der Waals surface area (Å²) in [5, 5.41) is 11.7. The van der Waals surface area contributed by atoms with E-state index in [-0.39, 0.29) is 0 Å². The molecular weight excluding hydrogens is 188 g/mol. The first-order valence-corrected chi connectivity index (χ1v) is 6.01. The standard InChI is InChI=1S/C11H20N4/c1-3-12-11-14-13-10(15(11)4-2)8-9-6-5-7-9/h9H,3-8H2,1-2H3,(H,12,14). The van der Waals surface area contributed by atoms with Crippen molar-refractivity contribution < 1.29 is 0 Å². The molecule has 0 amide bonds. The van der Waals surface area contributed by atoms with Crippen LogP contribution in [-0.2, 0) is 13.0 Å². The minimum Gasteiger partial charge on any atom is -0.355 e. The fourth-order valence-corrected chi connectivity index (χ4v) is 2.06. The summed E-state index contributed by atoms with van der Waals surface area (Å²) in [7, 11) is 0. The molecular formula is C11H20N4. The zero-order chi connectivity index (χ0) is 10.7. The first-order valence-electron chi connectivity index (χ1n) is 6.01. The van der Waals surface area contributed by atoms with Crippen molar-refractivity contribution in [2.45, 2.75) is 46.1 Å². The average Bonchev–Trinajstić information content (AvgIpc) is 2.55. The largest absolute Gasteiger partial charge is 0.355 e. The van der Waals surface area contributed by atoms with Crippen LogP contribution >= 0.6 is 0 Å². The van der Waals surface area contributed by atoms with Gasteiger partial charge in [0.2, 0.25) is 5.95 Å². The van der Waals surface area contributed by atoms with Crippen molar-refractivity contribution in [2.75, 3.05) is 11.9 Å². The van der Waals surface area contributed by atoms with Crippen LogP contribution in [0.3, 0.4) is 0 Å². The van der Waals surface area contributed by atoms with Gasteiger partial charge in [-0.3, -0.25) is 4.57 Å². The number of rotatable bonds is 5. The highest BCUT2D eigenvalue weighted by Gasteiger charge is 2.21. The predicted octanol–water partition coefficient (Wildman–Crippen LogP) is 2.07. The molecule has 0 atom stereocenters. The quantitative estimate of drug-likeness (QED) is 0.805. The van der Waals surface area contributed by atoms with Gasteiger partial charge in [-0.05, 0) is 19.8 Å². The Morgan fingerprint density at radius 2 is 2.13 bits per heavy atom. The van der Waals surface area contributed by atoms with E-state index in [1.165, 1.54) is 19.3 Å². The molecule has 4 heteroatoms. The van der Waals surface area contributed by atoms with Gasteiger partial charge >= 0.3 is 0 Å². The van der Waals surface area contributed by atoms with Crippen molar-refractivity contribution in [3.63, 3.8) is 0 Å². The zero-order valence-corrected chi connectivity index (χ0v) is 9.66. The number of aromatic nitrogens is 3. The normalized spacial score (nSPS) is 16.4. The van der Waals surface area contributed by atoms with Crippen LogP contribution in [0.15, 0.2) is 0 Å². The second-order valence-corrected chi connectivity index (χ2v) is 4.22. The number of hydrogen-bond acceptors (Lipinski definition) is 3. The molecule has 1 aliphatic rings. The molecule has 0 spiro atoms. The summed E-state index contributed by atoms with van der Waals surface area (Å²) in [5.41, 5.74) is 0. The zero-order valence-electron chi connectivity index (χ0n) is 9.66. The molecule has 1 aliphatic carbocycles. The Bertz CT molecular complexity index is 314. The van der Waals surface area contributed by atoms with Gasteiger partial charge < -0.3 is 5.32 Å². The van der Waals surface area contributed by atoms with Gasteiger partial charge in [-0.1, -0.05) is 19.3 Å². The van der Waals surface area contributed by atoms with Crippen molar-refractivity contribution in [1.82, 2.24) is 14.8 Å². The van der Waals surface area contributed by atoms with E-state index in [2.05, 4.69) is 33.9 Å². The SMILES string of the molecule is CCNc1nnc(CC2CCC2)n1CC. The molecule has 1 heterocycles. The van der Waals surface area contributed by atoms with Gasteiger partial charge in [-0.25, -0.2) is 0 Å². The molecule has 1 saturated carbocycles. The van der Waals surface area contributed by atoms with Crippen molar-refractivity contribution in [3.05, 3.63) is 5.82 Å². The first-order chi connectivity index (χ1) is 7.35. The Morgan fingerprint density at radius 3 is 2.67 bits per heavy atom. The minimum absolute atomic E-state index is 0.856.